The lowest BCUT2D eigenvalue weighted by atomic mass is 9.97. The van der Waals surface area contributed by atoms with Gasteiger partial charge in [-0.2, -0.15) is 0 Å². The normalized spacial score (nSPS) is 12.5. The van der Waals surface area contributed by atoms with Crippen LogP contribution in [0, 0.1) is 5.41 Å². The van der Waals surface area contributed by atoms with E-state index in [2.05, 4.69) is 0 Å². The molecule has 0 aliphatic carbocycles. The largest absolute Gasteiger partial charge is 0.465 e. The standard InChI is InChI=1S/C16H30F2O2/c1-15(2,3)14(19)20-13-11-9-7-5-6-8-10-12-16(4,17)18/h5-13H2,1-4H3. The molecule has 0 N–H and O–H groups in total. The highest BCUT2D eigenvalue weighted by Gasteiger charge is 2.22. The van der Waals surface area contributed by atoms with Crippen LogP contribution in [0.4, 0.5) is 8.78 Å². The average Bonchev–Trinajstić information content (AvgIpc) is 2.28. The van der Waals surface area contributed by atoms with Gasteiger partial charge in [-0.1, -0.05) is 32.1 Å². The van der Waals surface area contributed by atoms with Crippen molar-refractivity contribution in [3.63, 3.8) is 0 Å². The van der Waals surface area contributed by atoms with Gasteiger partial charge < -0.3 is 4.74 Å². The molecule has 0 fully saturated rings. The first kappa shape index (κ1) is 19.3. The second kappa shape index (κ2) is 9.30. The van der Waals surface area contributed by atoms with Crippen LogP contribution in [-0.2, 0) is 9.53 Å². The molecule has 120 valence electrons. The summed E-state index contributed by atoms with van der Waals surface area (Å²) in [6, 6.07) is 0. The van der Waals surface area contributed by atoms with E-state index in [9.17, 15) is 13.6 Å². The summed E-state index contributed by atoms with van der Waals surface area (Å²) in [4.78, 5) is 11.5. The summed E-state index contributed by atoms with van der Waals surface area (Å²) in [5.41, 5.74) is -0.429. The Bertz CT molecular complexity index is 265. The highest BCUT2D eigenvalue weighted by atomic mass is 19.3. The van der Waals surface area contributed by atoms with Crippen molar-refractivity contribution in [3.8, 4) is 0 Å². The molecule has 0 unspecified atom stereocenters. The molecule has 0 aromatic heterocycles. The van der Waals surface area contributed by atoms with Crippen LogP contribution in [0.25, 0.3) is 0 Å². The van der Waals surface area contributed by atoms with Crippen molar-refractivity contribution in [3.05, 3.63) is 0 Å². The first-order valence-electron chi connectivity index (χ1n) is 7.68. The molecule has 2 nitrogen and oxygen atoms in total. The Hall–Kier alpha value is -0.670. The predicted molar refractivity (Wildman–Crippen MR) is 78.0 cm³/mol. The minimum atomic E-state index is -2.52. The lowest BCUT2D eigenvalue weighted by Crippen LogP contribution is -2.23. The summed E-state index contributed by atoms with van der Waals surface area (Å²) in [6.07, 6.45) is 6.55. The number of esters is 1. The van der Waals surface area contributed by atoms with Crippen molar-refractivity contribution in [1.29, 1.82) is 0 Å². The summed E-state index contributed by atoms with van der Waals surface area (Å²) >= 11 is 0. The summed E-state index contributed by atoms with van der Waals surface area (Å²) in [6.45, 7) is 6.99. The SMILES string of the molecule is CC(F)(F)CCCCCCCCCOC(=O)C(C)(C)C. The van der Waals surface area contributed by atoms with Crippen LogP contribution in [0.3, 0.4) is 0 Å². The minimum absolute atomic E-state index is 0.00421. The Kier molecular flexibility index (Phi) is 8.99. The zero-order valence-corrected chi connectivity index (χ0v) is 13.4. The van der Waals surface area contributed by atoms with Crippen LogP contribution in [0.1, 0.15) is 79.1 Å². The minimum Gasteiger partial charge on any atom is -0.465 e. The zero-order chi connectivity index (χ0) is 15.6. The number of carbonyl (C=O) groups excluding carboxylic acids is 1. The molecule has 20 heavy (non-hydrogen) atoms. The van der Waals surface area contributed by atoms with Gasteiger partial charge in [0.15, 0.2) is 0 Å². The molecular weight excluding hydrogens is 262 g/mol. The van der Waals surface area contributed by atoms with E-state index in [1.54, 1.807) is 0 Å². The summed E-state index contributed by atoms with van der Waals surface area (Å²) in [5, 5.41) is 0. The van der Waals surface area contributed by atoms with E-state index < -0.39 is 11.3 Å². The van der Waals surface area contributed by atoms with Crippen molar-refractivity contribution in [1.82, 2.24) is 0 Å². The molecule has 0 saturated carbocycles. The predicted octanol–water partition coefficient (Wildman–Crippen LogP) is 5.35. The monoisotopic (exact) mass is 292 g/mol. The second-order valence-electron chi connectivity index (χ2n) is 6.68. The summed E-state index contributed by atoms with van der Waals surface area (Å²) in [7, 11) is 0. The fourth-order valence-corrected chi connectivity index (χ4v) is 1.80. The Labute approximate surface area is 122 Å². The van der Waals surface area contributed by atoms with Crippen LogP contribution in [0.15, 0.2) is 0 Å². The van der Waals surface area contributed by atoms with Crippen molar-refractivity contribution >= 4 is 5.97 Å². The van der Waals surface area contributed by atoms with Gasteiger partial charge in [-0.25, -0.2) is 8.78 Å². The Morgan fingerprint density at radius 1 is 0.850 bits per heavy atom. The molecule has 0 saturated heterocycles. The number of rotatable bonds is 10. The van der Waals surface area contributed by atoms with Crippen molar-refractivity contribution in [2.24, 2.45) is 5.41 Å². The Morgan fingerprint density at radius 2 is 1.30 bits per heavy atom. The number of ether oxygens (including phenoxy) is 1. The molecular formula is C16H30F2O2. The topological polar surface area (TPSA) is 26.3 Å². The average molecular weight is 292 g/mol. The third kappa shape index (κ3) is 12.4. The fourth-order valence-electron chi connectivity index (χ4n) is 1.80. The van der Waals surface area contributed by atoms with Crippen LogP contribution < -0.4 is 0 Å². The molecule has 4 heteroatoms. The molecule has 0 heterocycles. The molecule has 0 radical (unpaired) electrons. The van der Waals surface area contributed by atoms with E-state index in [1.165, 1.54) is 0 Å². The van der Waals surface area contributed by atoms with Crippen molar-refractivity contribution in [2.45, 2.75) is 85.0 Å². The Morgan fingerprint density at radius 3 is 1.75 bits per heavy atom. The first-order valence-corrected chi connectivity index (χ1v) is 7.68. The summed E-state index contributed by atoms with van der Waals surface area (Å²) < 4.78 is 30.3. The zero-order valence-electron chi connectivity index (χ0n) is 13.4. The van der Waals surface area contributed by atoms with Gasteiger partial charge in [0.2, 0.25) is 5.92 Å². The smallest absolute Gasteiger partial charge is 0.311 e. The molecule has 0 aliphatic rings. The highest BCUT2D eigenvalue weighted by Crippen LogP contribution is 2.21. The number of hydrogen-bond acceptors (Lipinski definition) is 2. The van der Waals surface area contributed by atoms with Crippen LogP contribution >= 0.6 is 0 Å². The van der Waals surface area contributed by atoms with Gasteiger partial charge in [-0.3, -0.25) is 4.79 Å². The molecule has 0 spiro atoms. The molecule has 0 aromatic rings. The molecule has 0 aliphatic heterocycles. The molecule has 0 aromatic carbocycles. The quantitative estimate of drug-likeness (QED) is 0.400. The fraction of sp³-hybridized carbons (Fsp3) is 0.938. The molecule has 0 amide bonds. The van der Waals surface area contributed by atoms with Crippen molar-refractivity contribution in [2.75, 3.05) is 6.61 Å². The van der Waals surface area contributed by atoms with E-state index >= 15 is 0 Å². The van der Waals surface area contributed by atoms with Crippen LogP contribution in [0.2, 0.25) is 0 Å². The van der Waals surface area contributed by atoms with Gasteiger partial charge in [-0.15, -0.1) is 0 Å². The van der Waals surface area contributed by atoms with E-state index in [0.29, 0.717) is 13.0 Å². The first-order chi connectivity index (χ1) is 9.13. The Balaban J connectivity index is 3.28. The highest BCUT2D eigenvalue weighted by molar-refractivity contribution is 5.75. The molecule has 0 bridgehead atoms. The third-order valence-corrected chi connectivity index (χ3v) is 3.11. The number of halogens is 2. The van der Waals surface area contributed by atoms with Crippen LogP contribution in [0.5, 0.6) is 0 Å². The van der Waals surface area contributed by atoms with E-state index in [1.807, 2.05) is 20.8 Å². The van der Waals surface area contributed by atoms with E-state index in [0.717, 1.165) is 45.4 Å². The van der Waals surface area contributed by atoms with Gasteiger partial charge in [0.05, 0.1) is 12.0 Å². The number of unbranched alkanes of at least 4 members (excludes halogenated alkanes) is 6. The van der Waals surface area contributed by atoms with Gasteiger partial charge in [-0.05, 0) is 40.5 Å². The maximum atomic E-state index is 12.5. The maximum absolute atomic E-state index is 12.5. The van der Waals surface area contributed by atoms with Crippen LogP contribution in [-0.4, -0.2) is 18.5 Å². The van der Waals surface area contributed by atoms with Gasteiger partial charge in [0.1, 0.15) is 0 Å². The van der Waals surface area contributed by atoms with Gasteiger partial charge >= 0.3 is 5.97 Å². The second-order valence-corrected chi connectivity index (χ2v) is 6.68. The van der Waals surface area contributed by atoms with Gasteiger partial charge in [0, 0.05) is 6.42 Å². The number of carbonyl (C=O) groups is 1. The van der Waals surface area contributed by atoms with Crippen molar-refractivity contribution < 1.29 is 18.3 Å². The molecule has 0 atom stereocenters. The lowest BCUT2D eigenvalue weighted by Gasteiger charge is -2.16. The summed E-state index contributed by atoms with van der Waals surface area (Å²) in [5.74, 6) is -2.67. The van der Waals surface area contributed by atoms with Gasteiger partial charge in [0.25, 0.3) is 0 Å². The number of alkyl halides is 2. The molecule has 0 rings (SSSR count). The maximum Gasteiger partial charge on any atom is 0.311 e. The lowest BCUT2D eigenvalue weighted by molar-refractivity contribution is -0.153. The van der Waals surface area contributed by atoms with E-state index in [-0.39, 0.29) is 12.4 Å². The number of hydrogen-bond donors (Lipinski definition) is 0. The van der Waals surface area contributed by atoms with E-state index in [4.69, 9.17) is 4.74 Å². The third-order valence-electron chi connectivity index (χ3n) is 3.11.